The van der Waals surface area contributed by atoms with Crippen molar-refractivity contribution in [1.82, 2.24) is 9.34 Å². The van der Waals surface area contributed by atoms with Gasteiger partial charge in [0.1, 0.15) is 5.82 Å². The zero-order valence-corrected chi connectivity index (χ0v) is 17.6. The fourth-order valence-electron chi connectivity index (χ4n) is 2.44. The first-order chi connectivity index (χ1) is 10.6. The van der Waals surface area contributed by atoms with E-state index in [2.05, 4.69) is 18.2 Å². The predicted molar refractivity (Wildman–Crippen MR) is 101 cm³/mol. The van der Waals surface area contributed by atoms with Gasteiger partial charge in [-0.25, -0.2) is 13.7 Å². The van der Waals surface area contributed by atoms with Gasteiger partial charge in [0.05, 0.1) is 0 Å². The average molecular weight is 457 g/mol. The maximum absolute atomic E-state index is 13.1. The van der Waals surface area contributed by atoms with Crippen LogP contribution in [0.1, 0.15) is 5.56 Å². The first kappa shape index (κ1) is 18.7. The highest BCUT2D eigenvalue weighted by Gasteiger charge is 2.44. The van der Waals surface area contributed by atoms with Crippen LogP contribution in [0.5, 0.6) is 0 Å². The molecule has 2 aliphatic rings. The minimum atomic E-state index is -2.97. The maximum atomic E-state index is 13.1. The zero-order chi connectivity index (χ0) is 16.9. The van der Waals surface area contributed by atoms with Crippen LogP contribution in [0, 0.1) is 5.82 Å². The van der Waals surface area contributed by atoms with Gasteiger partial charge in [-0.15, -0.1) is 0 Å². The number of benzene rings is 1. The van der Waals surface area contributed by atoms with Crippen molar-refractivity contribution in [2.45, 2.75) is 6.54 Å². The molecular weight excluding hydrogens is 444 g/mol. The third kappa shape index (κ3) is 4.03. The number of hydrogen-bond acceptors (Lipinski definition) is 5. The lowest BCUT2D eigenvalue weighted by atomic mass is 10.2. The van der Waals surface area contributed by atoms with Gasteiger partial charge in [-0.2, -0.15) is 13.5 Å². The van der Waals surface area contributed by atoms with Crippen LogP contribution in [0.4, 0.5) is 4.39 Å². The molecule has 1 unspecified atom stereocenters. The molecule has 0 N–H and O–H groups in total. The summed E-state index contributed by atoms with van der Waals surface area (Å²) in [6.07, 6.45) is 0. The van der Waals surface area contributed by atoms with Gasteiger partial charge < -0.3 is 0 Å². The first-order valence-corrected chi connectivity index (χ1v) is 15.1. The Kier molecular flexibility index (Phi) is 5.35. The van der Waals surface area contributed by atoms with Crippen LogP contribution in [0.25, 0.3) is 0 Å². The molecule has 0 amide bonds. The second-order valence-corrected chi connectivity index (χ2v) is 18.1. The van der Waals surface area contributed by atoms with Crippen molar-refractivity contribution in [3.8, 4) is 0 Å². The molecule has 1 aromatic rings. The smallest absolute Gasteiger partial charge is 0.241 e. The molecule has 5 nitrogen and oxygen atoms in total. The Labute approximate surface area is 153 Å². The Balaban J connectivity index is 2.06. The quantitative estimate of drug-likeness (QED) is 0.435. The fraction of sp³-hybridized carbons (Fsp3) is 0.400. The van der Waals surface area contributed by atoms with E-state index in [4.69, 9.17) is 45.0 Å². The summed E-state index contributed by atoms with van der Waals surface area (Å²) in [5, 5.41) is 0. The molecule has 0 saturated carbocycles. The van der Waals surface area contributed by atoms with Crippen LogP contribution in [0.2, 0.25) is 0 Å². The Morgan fingerprint density at radius 1 is 1.00 bits per heavy atom. The van der Waals surface area contributed by atoms with Crippen molar-refractivity contribution in [1.29, 1.82) is 0 Å². The molecule has 0 bridgehead atoms. The molecule has 23 heavy (non-hydrogen) atoms. The summed E-state index contributed by atoms with van der Waals surface area (Å²) >= 11 is 25.0. The van der Waals surface area contributed by atoms with Crippen LogP contribution in [-0.2, 0) is 6.54 Å². The fourth-order valence-corrected chi connectivity index (χ4v) is 18.7. The van der Waals surface area contributed by atoms with Gasteiger partial charge in [-0.1, -0.05) is 12.1 Å². The molecule has 1 fully saturated rings. The lowest BCUT2D eigenvalue weighted by molar-refractivity contribution is 0.478. The summed E-state index contributed by atoms with van der Waals surface area (Å²) in [5.41, 5.74) is 0.940. The van der Waals surface area contributed by atoms with E-state index in [0.29, 0.717) is 6.54 Å². The Morgan fingerprint density at radius 2 is 1.61 bits per heavy atom. The summed E-state index contributed by atoms with van der Waals surface area (Å²) in [6.45, 7) is 1.99. The van der Waals surface area contributed by atoms with Crippen LogP contribution in [0.3, 0.4) is 0 Å². The van der Waals surface area contributed by atoms with Gasteiger partial charge in [-0.3, -0.25) is 0 Å². The van der Waals surface area contributed by atoms with Gasteiger partial charge in [-0.05, 0) is 69.7 Å². The van der Waals surface area contributed by atoms with Gasteiger partial charge >= 0.3 is 0 Å². The third-order valence-corrected chi connectivity index (χ3v) is 15.9. The van der Waals surface area contributed by atoms with Crippen molar-refractivity contribution in [2.75, 3.05) is 20.1 Å². The largest absolute Gasteiger partial charge is 0.257 e. The van der Waals surface area contributed by atoms with E-state index in [9.17, 15) is 4.39 Å². The summed E-state index contributed by atoms with van der Waals surface area (Å²) < 4.78 is 30.3. The minimum Gasteiger partial charge on any atom is -0.241 e. The van der Waals surface area contributed by atoms with Gasteiger partial charge in [0.15, 0.2) is 0 Å². The molecule has 13 heteroatoms. The maximum Gasteiger partial charge on any atom is 0.257 e. The third-order valence-electron chi connectivity index (χ3n) is 3.47. The number of nitrogens with zero attached hydrogens (tertiary/aromatic N) is 5. The highest BCUT2D eigenvalue weighted by atomic mass is 35.9. The Bertz CT molecular complexity index is 779. The summed E-state index contributed by atoms with van der Waals surface area (Å²) in [6, 6.07) is 6.30. The van der Waals surface area contributed by atoms with Crippen LogP contribution < -0.4 is 0 Å². The van der Waals surface area contributed by atoms with E-state index in [1.54, 1.807) is 12.1 Å². The number of likely N-dealkylation sites (N-methyl/N-ethyl adjacent to an activating group) is 1. The Hall–Kier alpha value is 0.920. The average Bonchev–Trinajstić information content (AvgIpc) is 2.66. The first-order valence-electron chi connectivity index (χ1n) is 6.54. The monoisotopic (exact) mass is 455 g/mol. The highest BCUT2D eigenvalue weighted by Crippen LogP contribution is 2.87. The Morgan fingerprint density at radius 3 is 2.22 bits per heavy atom. The van der Waals surface area contributed by atoms with E-state index in [-0.39, 0.29) is 5.82 Å². The predicted octanol–water partition coefficient (Wildman–Crippen LogP) is 7.38. The molecular formula is C10H13Cl4FN5P3. The lowest BCUT2D eigenvalue weighted by Gasteiger charge is -2.33. The molecule has 0 aliphatic carbocycles. The molecule has 128 valence electrons. The molecule has 2 heterocycles. The molecule has 1 atom stereocenters. The van der Waals surface area contributed by atoms with E-state index in [1.165, 1.54) is 12.1 Å². The standard InChI is InChI=1S/C10H13Cl4FN5P3/c1-19-6-7-20(8-9-2-4-10(15)5-3-9)23(19)17-21(11,12)16-22(13,14)18-23/h2-5H,6-8H2,1H3. The molecule has 2 aliphatic heterocycles. The van der Waals surface area contributed by atoms with Crippen molar-refractivity contribution < 1.29 is 4.39 Å². The van der Waals surface area contributed by atoms with E-state index in [0.717, 1.165) is 18.7 Å². The van der Waals surface area contributed by atoms with Crippen LogP contribution >= 0.6 is 64.3 Å². The summed E-state index contributed by atoms with van der Waals surface area (Å²) in [4.78, 5) is 0. The van der Waals surface area contributed by atoms with Crippen molar-refractivity contribution in [3.05, 3.63) is 35.6 Å². The number of hydrogen-bond donors (Lipinski definition) is 0. The second-order valence-electron chi connectivity index (χ2n) is 5.11. The van der Waals surface area contributed by atoms with Gasteiger partial charge in [0.25, 0.3) is 11.8 Å². The second kappa shape index (κ2) is 6.58. The van der Waals surface area contributed by atoms with Gasteiger partial charge in [0, 0.05) is 19.6 Å². The molecule has 3 rings (SSSR count). The zero-order valence-electron chi connectivity index (χ0n) is 11.9. The van der Waals surface area contributed by atoms with Crippen LogP contribution in [-0.4, -0.2) is 29.5 Å². The number of rotatable bonds is 2. The SMILES string of the molecule is CN1CCN(Cc2ccc(F)cc2)P12=NP(Cl)(Cl)=NP(Cl)(Cl)=N2. The highest BCUT2D eigenvalue weighted by molar-refractivity contribution is 8.20. The van der Waals surface area contributed by atoms with E-state index >= 15 is 0 Å². The van der Waals surface area contributed by atoms with Gasteiger partial charge in [0.2, 0.25) is 7.51 Å². The lowest BCUT2D eigenvalue weighted by Crippen LogP contribution is -2.16. The normalized spacial score (nSPS) is 29.8. The topological polar surface area (TPSA) is 43.6 Å². The summed E-state index contributed by atoms with van der Waals surface area (Å²) in [7, 11) is -0.661. The molecule has 1 aromatic carbocycles. The van der Waals surface area contributed by atoms with Crippen LogP contribution in [0.15, 0.2) is 37.8 Å². The minimum absolute atomic E-state index is 0.277. The van der Waals surface area contributed by atoms with Crippen molar-refractivity contribution >= 4 is 64.3 Å². The molecule has 1 spiro atoms. The summed E-state index contributed by atoms with van der Waals surface area (Å²) in [5.74, 6) is -6.21. The number of halogens is 5. The van der Waals surface area contributed by atoms with E-state index in [1.807, 2.05) is 11.7 Å². The van der Waals surface area contributed by atoms with Crippen molar-refractivity contribution in [3.63, 3.8) is 0 Å². The molecule has 0 aromatic heterocycles. The van der Waals surface area contributed by atoms with Crippen molar-refractivity contribution in [2.24, 2.45) is 13.5 Å². The molecule has 0 radical (unpaired) electrons. The van der Waals surface area contributed by atoms with E-state index < -0.39 is 19.3 Å². The molecule has 1 saturated heterocycles.